The fraction of sp³-hybridized carbons (Fsp3) is 0.294. The number of benzene rings is 2. The number of aryl methyl sites for hydroxylation is 2. The van der Waals surface area contributed by atoms with Crippen LogP contribution in [0.25, 0.3) is 0 Å². The number of halogens is 2. The second-order valence-electron chi connectivity index (χ2n) is 5.25. The summed E-state index contributed by atoms with van der Waals surface area (Å²) in [6.45, 7) is 5.83. The minimum atomic E-state index is -0.573. The van der Waals surface area contributed by atoms with Gasteiger partial charge in [-0.25, -0.2) is 4.39 Å². The van der Waals surface area contributed by atoms with E-state index in [0.29, 0.717) is 11.3 Å². The van der Waals surface area contributed by atoms with Gasteiger partial charge < -0.3 is 10.5 Å². The molecule has 4 heteroatoms. The lowest BCUT2D eigenvalue weighted by Crippen LogP contribution is -2.17. The molecule has 2 nitrogen and oxygen atoms in total. The largest absolute Gasteiger partial charge is 0.496 e. The Hall–Kier alpha value is -1.39. The van der Waals surface area contributed by atoms with Crippen molar-refractivity contribution in [2.24, 2.45) is 5.73 Å². The molecule has 0 amide bonds. The first-order chi connectivity index (χ1) is 9.86. The summed E-state index contributed by atoms with van der Waals surface area (Å²) in [4.78, 5) is 0. The van der Waals surface area contributed by atoms with Gasteiger partial charge in [0.2, 0.25) is 0 Å². The predicted molar refractivity (Wildman–Crippen MR) is 87.3 cm³/mol. The average molecular weight is 352 g/mol. The van der Waals surface area contributed by atoms with Crippen LogP contribution in [0.3, 0.4) is 0 Å². The molecule has 0 heterocycles. The fourth-order valence-electron chi connectivity index (χ4n) is 2.58. The van der Waals surface area contributed by atoms with Crippen LogP contribution in [0.5, 0.6) is 5.75 Å². The molecule has 0 fully saturated rings. The van der Waals surface area contributed by atoms with E-state index in [4.69, 9.17) is 10.5 Å². The summed E-state index contributed by atoms with van der Waals surface area (Å²) in [7, 11) is 1.61. The highest BCUT2D eigenvalue weighted by Crippen LogP contribution is 2.38. The summed E-state index contributed by atoms with van der Waals surface area (Å²) >= 11 is 3.53. The minimum absolute atomic E-state index is 0.299. The van der Waals surface area contributed by atoms with Crippen LogP contribution in [0.4, 0.5) is 4.39 Å². The maximum Gasteiger partial charge on any atom is 0.128 e. The van der Waals surface area contributed by atoms with Crippen molar-refractivity contribution >= 4 is 15.9 Å². The molecule has 0 aliphatic heterocycles. The van der Waals surface area contributed by atoms with E-state index >= 15 is 0 Å². The summed E-state index contributed by atoms with van der Waals surface area (Å²) in [5.74, 6) is 0.413. The summed E-state index contributed by atoms with van der Waals surface area (Å²) < 4.78 is 20.6. The van der Waals surface area contributed by atoms with Gasteiger partial charge in [0.05, 0.1) is 13.2 Å². The van der Waals surface area contributed by atoms with E-state index in [1.54, 1.807) is 19.2 Å². The molecule has 0 aliphatic carbocycles. The Kier molecular flexibility index (Phi) is 4.69. The zero-order chi connectivity index (χ0) is 15.7. The van der Waals surface area contributed by atoms with Gasteiger partial charge in [-0.15, -0.1) is 0 Å². The molecule has 2 rings (SSSR count). The van der Waals surface area contributed by atoms with Crippen LogP contribution < -0.4 is 10.5 Å². The van der Waals surface area contributed by atoms with Gasteiger partial charge in [0.1, 0.15) is 11.6 Å². The smallest absolute Gasteiger partial charge is 0.128 e. The summed E-state index contributed by atoms with van der Waals surface area (Å²) in [6.07, 6.45) is 0. The number of hydrogen-bond acceptors (Lipinski definition) is 2. The van der Waals surface area contributed by atoms with Crippen molar-refractivity contribution in [3.63, 3.8) is 0 Å². The normalized spacial score (nSPS) is 12.3. The standard InChI is InChI=1S/C17H19BrFNO/c1-9-5-6-14(19)12(7-9)16(20)15-11(3)13(18)8-10(2)17(15)21-4/h5-8,16H,20H2,1-4H3. The highest BCUT2D eigenvalue weighted by molar-refractivity contribution is 9.10. The quantitative estimate of drug-likeness (QED) is 0.878. The molecule has 1 unspecified atom stereocenters. The van der Waals surface area contributed by atoms with Gasteiger partial charge in [0.15, 0.2) is 0 Å². The van der Waals surface area contributed by atoms with Gasteiger partial charge in [-0.3, -0.25) is 0 Å². The first-order valence-corrected chi connectivity index (χ1v) is 7.51. The Bertz CT molecular complexity index is 685. The van der Waals surface area contributed by atoms with Crippen molar-refractivity contribution in [3.8, 4) is 5.75 Å². The lowest BCUT2D eigenvalue weighted by atomic mass is 9.92. The van der Waals surface area contributed by atoms with Gasteiger partial charge in [-0.2, -0.15) is 0 Å². The van der Waals surface area contributed by atoms with Gasteiger partial charge in [-0.05, 0) is 44.0 Å². The SMILES string of the molecule is COc1c(C)cc(Br)c(C)c1C(N)c1cc(C)ccc1F. The van der Waals surface area contributed by atoms with E-state index in [-0.39, 0.29) is 5.82 Å². The topological polar surface area (TPSA) is 35.2 Å². The third kappa shape index (κ3) is 2.97. The van der Waals surface area contributed by atoms with Crippen molar-refractivity contribution in [1.82, 2.24) is 0 Å². The molecule has 0 aromatic heterocycles. The molecule has 21 heavy (non-hydrogen) atoms. The van der Waals surface area contributed by atoms with E-state index in [1.807, 2.05) is 26.8 Å². The zero-order valence-electron chi connectivity index (χ0n) is 12.6. The van der Waals surface area contributed by atoms with E-state index in [2.05, 4.69) is 15.9 Å². The summed E-state index contributed by atoms with van der Waals surface area (Å²) in [5.41, 5.74) is 10.6. The van der Waals surface area contributed by atoms with Crippen LogP contribution in [0, 0.1) is 26.6 Å². The van der Waals surface area contributed by atoms with Crippen molar-refractivity contribution in [2.75, 3.05) is 7.11 Å². The number of nitrogens with two attached hydrogens (primary N) is 1. The lowest BCUT2D eigenvalue weighted by Gasteiger charge is -2.22. The van der Waals surface area contributed by atoms with Gasteiger partial charge in [0.25, 0.3) is 0 Å². The second-order valence-corrected chi connectivity index (χ2v) is 6.10. The molecule has 2 aromatic rings. The second kappa shape index (κ2) is 6.16. The monoisotopic (exact) mass is 351 g/mol. The number of ether oxygens (including phenoxy) is 1. The summed E-state index contributed by atoms with van der Waals surface area (Å²) in [6, 6.07) is 6.39. The van der Waals surface area contributed by atoms with Crippen LogP contribution in [0.2, 0.25) is 0 Å². The minimum Gasteiger partial charge on any atom is -0.496 e. The van der Waals surface area contributed by atoms with Gasteiger partial charge >= 0.3 is 0 Å². The van der Waals surface area contributed by atoms with Crippen LogP contribution in [-0.4, -0.2) is 7.11 Å². The molecule has 0 aliphatic rings. The first-order valence-electron chi connectivity index (χ1n) is 6.72. The molecule has 0 spiro atoms. The first kappa shape index (κ1) is 16.0. The lowest BCUT2D eigenvalue weighted by molar-refractivity contribution is 0.403. The third-order valence-electron chi connectivity index (χ3n) is 3.71. The van der Waals surface area contributed by atoms with E-state index in [0.717, 1.165) is 26.7 Å². The van der Waals surface area contributed by atoms with E-state index in [9.17, 15) is 4.39 Å². The summed E-state index contributed by atoms with van der Waals surface area (Å²) in [5, 5.41) is 0. The Balaban J connectivity index is 2.68. The molecular weight excluding hydrogens is 333 g/mol. The van der Waals surface area contributed by atoms with Crippen LogP contribution >= 0.6 is 15.9 Å². The van der Waals surface area contributed by atoms with Gasteiger partial charge in [-0.1, -0.05) is 33.6 Å². The Morgan fingerprint density at radius 1 is 1.19 bits per heavy atom. The molecule has 0 saturated carbocycles. The molecule has 0 bridgehead atoms. The Morgan fingerprint density at radius 3 is 2.48 bits per heavy atom. The maximum absolute atomic E-state index is 14.1. The Labute approximate surface area is 133 Å². The molecule has 112 valence electrons. The molecule has 2 N–H and O–H groups in total. The fourth-order valence-corrected chi connectivity index (χ4v) is 3.13. The van der Waals surface area contributed by atoms with Crippen molar-refractivity contribution in [1.29, 1.82) is 0 Å². The van der Waals surface area contributed by atoms with Crippen LogP contribution in [-0.2, 0) is 0 Å². The molecule has 1 atom stereocenters. The number of methoxy groups -OCH3 is 1. The number of hydrogen-bond donors (Lipinski definition) is 1. The van der Waals surface area contributed by atoms with E-state index in [1.165, 1.54) is 6.07 Å². The van der Waals surface area contributed by atoms with Crippen LogP contribution in [0.15, 0.2) is 28.7 Å². The molecule has 0 radical (unpaired) electrons. The highest BCUT2D eigenvalue weighted by atomic mass is 79.9. The van der Waals surface area contributed by atoms with Crippen molar-refractivity contribution in [3.05, 3.63) is 62.4 Å². The third-order valence-corrected chi connectivity index (χ3v) is 4.53. The maximum atomic E-state index is 14.1. The number of rotatable bonds is 3. The van der Waals surface area contributed by atoms with Gasteiger partial charge in [0, 0.05) is 15.6 Å². The Morgan fingerprint density at radius 2 is 1.86 bits per heavy atom. The van der Waals surface area contributed by atoms with Crippen LogP contribution in [0.1, 0.15) is 33.9 Å². The molecular formula is C17H19BrFNO. The molecule has 2 aromatic carbocycles. The van der Waals surface area contributed by atoms with E-state index < -0.39 is 6.04 Å². The highest BCUT2D eigenvalue weighted by Gasteiger charge is 2.22. The zero-order valence-corrected chi connectivity index (χ0v) is 14.2. The molecule has 0 saturated heterocycles. The van der Waals surface area contributed by atoms with Crippen molar-refractivity contribution in [2.45, 2.75) is 26.8 Å². The average Bonchev–Trinajstić information content (AvgIpc) is 2.44. The predicted octanol–water partition coefficient (Wildman–Crippen LogP) is 4.57. The van der Waals surface area contributed by atoms with Crippen molar-refractivity contribution < 1.29 is 9.13 Å².